The second-order valence-electron chi connectivity index (χ2n) is 3.48. The third-order valence-corrected chi connectivity index (χ3v) is 4.16. The summed E-state index contributed by atoms with van der Waals surface area (Å²) in [7, 11) is 1.68. The van der Waals surface area contributed by atoms with Gasteiger partial charge >= 0.3 is 0 Å². The van der Waals surface area contributed by atoms with Crippen molar-refractivity contribution in [1.29, 1.82) is 0 Å². The van der Waals surface area contributed by atoms with Gasteiger partial charge in [0.15, 0.2) is 0 Å². The highest BCUT2D eigenvalue weighted by atomic mass is 79.9. The van der Waals surface area contributed by atoms with Gasteiger partial charge in [0.2, 0.25) is 0 Å². The average molecular weight is 312 g/mol. The molecule has 5 heteroatoms. The van der Waals surface area contributed by atoms with Gasteiger partial charge in [-0.2, -0.15) is 0 Å². The van der Waals surface area contributed by atoms with Crippen molar-refractivity contribution in [3.63, 3.8) is 0 Å². The molecule has 0 aliphatic heterocycles. The van der Waals surface area contributed by atoms with Crippen LogP contribution in [-0.4, -0.2) is 18.1 Å². The molecule has 0 saturated carbocycles. The molecule has 1 heterocycles. The minimum absolute atomic E-state index is 0.0996. The molecule has 0 bridgehead atoms. The van der Waals surface area contributed by atoms with E-state index in [0.717, 1.165) is 4.47 Å². The Hall–Kier alpha value is -1.33. The maximum absolute atomic E-state index is 12.2. The summed E-state index contributed by atoms with van der Waals surface area (Å²) in [5.41, 5.74) is 0.662. The van der Waals surface area contributed by atoms with Gasteiger partial charge < -0.3 is 10.0 Å². The summed E-state index contributed by atoms with van der Waals surface area (Å²) in [6.45, 7) is 0. The zero-order valence-electron chi connectivity index (χ0n) is 9.05. The number of phenolic OH excluding ortho intramolecular Hbond substituents is 1. The third-order valence-electron chi connectivity index (χ3n) is 2.33. The number of benzene rings is 1. The normalized spacial score (nSPS) is 10.2. The third kappa shape index (κ3) is 2.50. The van der Waals surface area contributed by atoms with Gasteiger partial charge in [0.05, 0.1) is 0 Å². The Kier molecular flexibility index (Phi) is 3.49. The fourth-order valence-corrected chi connectivity index (χ4v) is 2.93. The van der Waals surface area contributed by atoms with Crippen molar-refractivity contribution in [2.75, 3.05) is 11.9 Å². The molecule has 3 nitrogen and oxygen atoms in total. The summed E-state index contributed by atoms with van der Waals surface area (Å²) >= 11 is 4.72. The second kappa shape index (κ2) is 4.89. The zero-order chi connectivity index (χ0) is 12.4. The Bertz CT molecular complexity index is 553. The molecule has 2 rings (SSSR count). The highest BCUT2D eigenvalue weighted by Gasteiger charge is 2.17. The van der Waals surface area contributed by atoms with Crippen molar-refractivity contribution in [3.05, 3.63) is 45.1 Å². The van der Waals surface area contributed by atoms with Gasteiger partial charge in [-0.15, -0.1) is 11.3 Å². The number of hydrogen-bond donors (Lipinski definition) is 1. The fraction of sp³-hybridized carbons (Fsp3) is 0.0833. The molecule has 0 radical (unpaired) electrons. The van der Waals surface area contributed by atoms with Gasteiger partial charge in [0, 0.05) is 23.3 Å². The Morgan fingerprint density at radius 1 is 1.41 bits per heavy atom. The Morgan fingerprint density at radius 2 is 2.18 bits per heavy atom. The molecule has 0 aliphatic rings. The quantitative estimate of drug-likeness (QED) is 0.922. The number of nitrogens with zero attached hydrogens (tertiary/aromatic N) is 1. The predicted octanol–water partition coefficient (Wildman–Crippen LogP) is 3.49. The van der Waals surface area contributed by atoms with Gasteiger partial charge in [0.1, 0.15) is 10.6 Å². The first-order valence-corrected chi connectivity index (χ1v) is 6.57. The minimum atomic E-state index is -0.0996. The van der Waals surface area contributed by atoms with Gasteiger partial charge in [-0.05, 0) is 39.5 Å². The number of thiophene rings is 1. The smallest absolute Gasteiger partial charge is 0.269 e. The van der Waals surface area contributed by atoms with Crippen molar-refractivity contribution in [2.45, 2.75) is 0 Å². The van der Waals surface area contributed by atoms with Crippen LogP contribution in [0.4, 0.5) is 5.69 Å². The lowest BCUT2D eigenvalue weighted by atomic mass is 10.2. The van der Waals surface area contributed by atoms with Crippen LogP contribution in [0.5, 0.6) is 5.75 Å². The molecular weight excluding hydrogens is 302 g/mol. The zero-order valence-corrected chi connectivity index (χ0v) is 11.5. The molecule has 0 unspecified atom stereocenters. The van der Waals surface area contributed by atoms with E-state index in [9.17, 15) is 9.90 Å². The van der Waals surface area contributed by atoms with Crippen molar-refractivity contribution >= 4 is 38.9 Å². The monoisotopic (exact) mass is 311 g/mol. The van der Waals surface area contributed by atoms with E-state index in [-0.39, 0.29) is 11.7 Å². The van der Waals surface area contributed by atoms with Crippen LogP contribution in [-0.2, 0) is 0 Å². The van der Waals surface area contributed by atoms with E-state index in [1.54, 1.807) is 31.3 Å². The fourth-order valence-electron chi connectivity index (χ4n) is 1.42. The molecule has 88 valence electrons. The largest absolute Gasteiger partial charge is 0.508 e. The first kappa shape index (κ1) is 12.1. The van der Waals surface area contributed by atoms with Crippen molar-refractivity contribution in [3.8, 4) is 5.75 Å². The van der Waals surface area contributed by atoms with E-state index in [2.05, 4.69) is 15.9 Å². The standard InChI is InChI=1S/C12H10BrNO2S/c1-14(8-3-2-4-9(15)7-8)12(16)11-10(13)5-6-17-11/h2-7,15H,1H3. The average Bonchev–Trinajstić information content (AvgIpc) is 2.73. The van der Waals surface area contributed by atoms with E-state index in [1.807, 2.05) is 11.4 Å². The van der Waals surface area contributed by atoms with E-state index < -0.39 is 0 Å². The topological polar surface area (TPSA) is 40.5 Å². The number of anilines is 1. The Balaban J connectivity index is 2.30. The maximum atomic E-state index is 12.2. The summed E-state index contributed by atoms with van der Waals surface area (Å²) in [6.07, 6.45) is 0. The number of carbonyl (C=O) groups is 1. The molecule has 2 aromatic rings. The highest BCUT2D eigenvalue weighted by molar-refractivity contribution is 9.10. The lowest BCUT2D eigenvalue weighted by Crippen LogP contribution is -2.25. The van der Waals surface area contributed by atoms with Crippen LogP contribution in [0, 0.1) is 0 Å². The van der Waals surface area contributed by atoms with Gasteiger partial charge in [0.25, 0.3) is 5.91 Å². The van der Waals surface area contributed by atoms with E-state index in [1.165, 1.54) is 16.2 Å². The number of carbonyl (C=O) groups excluding carboxylic acids is 1. The number of amides is 1. The summed E-state index contributed by atoms with van der Waals surface area (Å²) < 4.78 is 0.791. The molecule has 1 amide bonds. The molecule has 1 aromatic carbocycles. The minimum Gasteiger partial charge on any atom is -0.508 e. The summed E-state index contributed by atoms with van der Waals surface area (Å²) in [4.78, 5) is 14.3. The van der Waals surface area contributed by atoms with Crippen LogP contribution in [0.3, 0.4) is 0 Å². The molecular formula is C12H10BrNO2S. The molecule has 0 atom stereocenters. The Morgan fingerprint density at radius 3 is 2.76 bits per heavy atom. The molecule has 0 aliphatic carbocycles. The van der Waals surface area contributed by atoms with Gasteiger partial charge in [-0.3, -0.25) is 4.79 Å². The van der Waals surface area contributed by atoms with Crippen LogP contribution in [0.1, 0.15) is 9.67 Å². The highest BCUT2D eigenvalue weighted by Crippen LogP contribution is 2.27. The van der Waals surface area contributed by atoms with Crippen LogP contribution < -0.4 is 4.90 Å². The molecule has 1 N–H and O–H groups in total. The van der Waals surface area contributed by atoms with Crippen molar-refractivity contribution < 1.29 is 9.90 Å². The molecule has 1 aromatic heterocycles. The van der Waals surface area contributed by atoms with Gasteiger partial charge in [-0.25, -0.2) is 0 Å². The molecule has 0 saturated heterocycles. The molecule has 0 spiro atoms. The van der Waals surface area contributed by atoms with Crippen LogP contribution >= 0.6 is 27.3 Å². The van der Waals surface area contributed by atoms with Crippen LogP contribution in [0.25, 0.3) is 0 Å². The first-order chi connectivity index (χ1) is 8.09. The molecule has 0 fully saturated rings. The number of rotatable bonds is 2. The van der Waals surface area contributed by atoms with Crippen LogP contribution in [0.15, 0.2) is 40.2 Å². The number of halogens is 1. The summed E-state index contributed by atoms with van der Waals surface area (Å²) in [6, 6.07) is 8.45. The first-order valence-electron chi connectivity index (χ1n) is 4.89. The number of aromatic hydroxyl groups is 1. The van der Waals surface area contributed by atoms with Crippen molar-refractivity contribution in [2.24, 2.45) is 0 Å². The summed E-state index contributed by atoms with van der Waals surface area (Å²) in [5, 5.41) is 11.2. The molecule has 17 heavy (non-hydrogen) atoms. The summed E-state index contributed by atoms with van der Waals surface area (Å²) in [5.74, 6) is 0.0462. The van der Waals surface area contributed by atoms with Crippen LogP contribution in [0.2, 0.25) is 0 Å². The van der Waals surface area contributed by atoms with E-state index >= 15 is 0 Å². The van der Waals surface area contributed by atoms with Gasteiger partial charge in [-0.1, -0.05) is 6.07 Å². The predicted molar refractivity (Wildman–Crippen MR) is 72.9 cm³/mol. The lowest BCUT2D eigenvalue weighted by Gasteiger charge is -2.16. The Labute approximate surface area is 111 Å². The number of phenols is 1. The van der Waals surface area contributed by atoms with Crippen molar-refractivity contribution in [1.82, 2.24) is 0 Å². The number of hydrogen-bond acceptors (Lipinski definition) is 3. The maximum Gasteiger partial charge on any atom is 0.269 e. The van der Waals surface area contributed by atoms with E-state index in [0.29, 0.717) is 10.6 Å². The lowest BCUT2D eigenvalue weighted by molar-refractivity contribution is 0.0996. The van der Waals surface area contributed by atoms with E-state index in [4.69, 9.17) is 0 Å². The second-order valence-corrected chi connectivity index (χ2v) is 5.25. The SMILES string of the molecule is CN(C(=O)c1sccc1Br)c1cccc(O)c1.